The first kappa shape index (κ1) is 19.2. The van der Waals surface area contributed by atoms with Gasteiger partial charge in [-0.15, -0.1) is 0 Å². The Labute approximate surface area is 152 Å². The predicted molar refractivity (Wildman–Crippen MR) is 97.2 cm³/mol. The molecule has 136 valence electrons. The maximum absolute atomic E-state index is 11.8. The number of carbonyl (C=O) groups is 3. The van der Waals surface area contributed by atoms with Crippen LogP contribution in [0, 0.1) is 6.92 Å². The van der Waals surface area contributed by atoms with Crippen LogP contribution in [0.2, 0.25) is 0 Å². The molecule has 0 aromatic heterocycles. The number of hydrogen-bond donors (Lipinski definition) is 1. The standard InChI is InChI=1S/C20H21NO5/c1-14-3-8-17(9-4-14)26-18-10-6-16(7-11-18)21-19(23)13-25-20(24)12-5-15(2)22/h3-4,6-11H,5,12-13H2,1-2H3,(H,21,23). The van der Waals surface area contributed by atoms with Gasteiger partial charge < -0.3 is 19.6 Å². The lowest BCUT2D eigenvalue weighted by molar-refractivity contribution is -0.148. The molecule has 1 N–H and O–H groups in total. The number of benzene rings is 2. The number of amides is 1. The molecule has 0 aliphatic heterocycles. The van der Waals surface area contributed by atoms with Gasteiger partial charge in [0.15, 0.2) is 6.61 Å². The minimum atomic E-state index is -0.572. The molecule has 2 aromatic carbocycles. The van der Waals surface area contributed by atoms with E-state index < -0.39 is 18.5 Å². The summed E-state index contributed by atoms with van der Waals surface area (Å²) in [5.74, 6) is 0.247. The Balaban J connectivity index is 1.79. The monoisotopic (exact) mass is 355 g/mol. The highest BCUT2D eigenvalue weighted by Gasteiger charge is 2.09. The second kappa shape index (κ2) is 9.36. The summed E-state index contributed by atoms with van der Waals surface area (Å²) in [6.07, 6.45) is 0.0938. The fraction of sp³-hybridized carbons (Fsp3) is 0.250. The number of Topliss-reactive ketones (excluding diaryl/α,β-unsaturated/α-hetero) is 1. The normalized spacial score (nSPS) is 10.1. The highest BCUT2D eigenvalue weighted by molar-refractivity contribution is 5.93. The van der Waals surface area contributed by atoms with Crippen molar-refractivity contribution in [2.75, 3.05) is 11.9 Å². The Bertz CT molecular complexity index is 766. The van der Waals surface area contributed by atoms with Crippen LogP contribution < -0.4 is 10.1 Å². The Morgan fingerprint density at radius 1 is 0.885 bits per heavy atom. The number of ether oxygens (including phenoxy) is 2. The number of rotatable bonds is 8. The first-order valence-corrected chi connectivity index (χ1v) is 8.22. The number of esters is 1. The van der Waals surface area contributed by atoms with Gasteiger partial charge in [0.2, 0.25) is 0 Å². The average Bonchev–Trinajstić information content (AvgIpc) is 2.62. The molecular formula is C20H21NO5. The third-order valence-corrected chi connectivity index (χ3v) is 3.44. The van der Waals surface area contributed by atoms with Crippen molar-refractivity contribution in [3.05, 3.63) is 54.1 Å². The summed E-state index contributed by atoms with van der Waals surface area (Å²) in [4.78, 5) is 33.9. The van der Waals surface area contributed by atoms with Gasteiger partial charge in [-0.05, 0) is 50.2 Å². The average molecular weight is 355 g/mol. The minimum Gasteiger partial charge on any atom is -0.457 e. The third-order valence-electron chi connectivity index (χ3n) is 3.44. The lowest BCUT2D eigenvalue weighted by Gasteiger charge is -2.09. The molecule has 0 saturated carbocycles. The first-order valence-electron chi connectivity index (χ1n) is 8.22. The molecule has 0 radical (unpaired) electrons. The molecule has 0 unspecified atom stereocenters. The molecule has 0 heterocycles. The van der Waals surface area contributed by atoms with Crippen LogP contribution in [0.1, 0.15) is 25.3 Å². The Morgan fingerprint density at radius 2 is 1.46 bits per heavy atom. The van der Waals surface area contributed by atoms with Crippen molar-refractivity contribution < 1.29 is 23.9 Å². The van der Waals surface area contributed by atoms with Crippen LogP contribution in [0.25, 0.3) is 0 Å². The van der Waals surface area contributed by atoms with Crippen LogP contribution in [-0.2, 0) is 19.1 Å². The van der Waals surface area contributed by atoms with Crippen LogP contribution in [0.3, 0.4) is 0 Å². The van der Waals surface area contributed by atoms with Crippen molar-refractivity contribution in [2.45, 2.75) is 26.7 Å². The zero-order chi connectivity index (χ0) is 18.9. The predicted octanol–water partition coefficient (Wildman–Crippen LogP) is 3.64. The van der Waals surface area contributed by atoms with Crippen molar-refractivity contribution in [1.29, 1.82) is 0 Å². The highest BCUT2D eigenvalue weighted by atomic mass is 16.5. The Hall–Kier alpha value is -3.15. The van der Waals surface area contributed by atoms with Crippen molar-refractivity contribution in [3.63, 3.8) is 0 Å². The van der Waals surface area contributed by atoms with Gasteiger partial charge in [0.05, 0.1) is 6.42 Å². The molecule has 0 bridgehead atoms. The summed E-state index contributed by atoms with van der Waals surface area (Å²) in [6.45, 7) is 3.01. The molecule has 0 saturated heterocycles. The van der Waals surface area contributed by atoms with Gasteiger partial charge in [-0.2, -0.15) is 0 Å². The van der Waals surface area contributed by atoms with Crippen molar-refractivity contribution in [1.82, 2.24) is 0 Å². The van der Waals surface area contributed by atoms with Crippen molar-refractivity contribution >= 4 is 23.3 Å². The van der Waals surface area contributed by atoms with Gasteiger partial charge in [0.1, 0.15) is 17.3 Å². The van der Waals surface area contributed by atoms with E-state index in [4.69, 9.17) is 9.47 Å². The molecule has 0 aliphatic rings. The minimum absolute atomic E-state index is 0.0202. The fourth-order valence-corrected chi connectivity index (χ4v) is 2.04. The molecular weight excluding hydrogens is 334 g/mol. The van der Waals surface area contributed by atoms with Gasteiger partial charge in [0, 0.05) is 12.1 Å². The van der Waals surface area contributed by atoms with E-state index in [2.05, 4.69) is 5.32 Å². The molecule has 0 fully saturated rings. The van der Waals surface area contributed by atoms with E-state index in [1.54, 1.807) is 24.3 Å². The van der Waals surface area contributed by atoms with Gasteiger partial charge in [-0.25, -0.2) is 0 Å². The van der Waals surface area contributed by atoms with E-state index in [0.717, 1.165) is 11.3 Å². The molecule has 2 aromatic rings. The third kappa shape index (κ3) is 6.76. The van der Waals surface area contributed by atoms with E-state index in [1.807, 2.05) is 31.2 Å². The summed E-state index contributed by atoms with van der Waals surface area (Å²) < 4.78 is 10.5. The van der Waals surface area contributed by atoms with Gasteiger partial charge in [-0.3, -0.25) is 9.59 Å². The summed E-state index contributed by atoms with van der Waals surface area (Å²) >= 11 is 0. The van der Waals surface area contributed by atoms with E-state index in [-0.39, 0.29) is 18.6 Å². The van der Waals surface area contributed by atoms with Gasteiger partial charge >= 0.3 is 5.97 Å². The SMILES string of the molecule is CC(=O)CCC(=O)OCC(=O)Nc1ccc(Oc2ccc(C)cc2)cc1. The van der Waals surface area contributed by atoms with Crippen molar-refractivity contribution in [3.8, 4) is 11.5 Å². The number of ketones is 1. The number of anilines is 1. The second-order valence-electron chi connectivity index (χ2n) is 5.85. The van der Waals surface area contributed by atoms with Crippen LogP contribution in [-0.4, -0.2) is 24.3 Å². The molecule has 6 heteroatoms. The van der Waals surface area contributed by atoms with E-state index in [0.29, 0.717) is 11.4 Å². The summed E-state index contributed by atoms with van der Waals surface area (Å²) in [5, 5.41) is 2.62. The zero-order valence-electron chi connectivity index (χ0n) is 14.8. The van der Waals surface area contributed by atoms with Crippen LogP contribution in [0.4, 0.5) is 5.69 Å². The smallest absolute Gasteiger partial charge is 0.306 e. The van der Waals surface area contributed by atoms with E-state index >= 15 is 0 Å². The quantitative estimate of drug-likeness (QED) is 0.731. The lowest BCUT2D eigenvalue weighted by Crippen LogP contribution is -2.21. The van der Waals surface area contributed by atoms with Crippen molar-refractivity contribution in [2.24, 2.45) is 0 Å². The number of nitrogens with one attached hydrogen (secondary N) is 1. The molecule has 0 aliphatic carbocycles. The molecule has 0 atom stereocenters. The van der Waals surface area contributed by atoms with E-state index in [1.165, 1.54) is 6.92 Å². The maximum Gasteiger partial charge on any atom is 0.306 e. The molecule has 26 heavy (non-hydrogen) atoms. The largest absolute Gasteiger partial charge is 0.457 e. The first-order chi connectivity index (χ1) is 12.4. The number of aryl methyl sites for hydroxylation is 1. The molecule has 6 nitrogen and oxygen atoms in total. The van der Waals surface area contributed by atoms with E-state index in [9.17, 15) is 14.4 Å². The maximum atomic E-state index is 11.8. The summed E-state index contributed by atoms with van der Waals surface area (Å²) in [7, 11) is 0. The Morgan fingerprint density at radius 3 is 2.04 bits per heavy atom. The van der Waals surface area contributed by atoms with Crippen LogP contribution >= 0.6 is 0 Å². The number of carbonyl (C=O) groups excluding carboxylic acids is 3. The second-order valence-corrected chi connectivity index (χ2v) is 5.85. The summed E-state index contributed by atoms with van der Waals surface area (Å²) in [5.41, 5.74) is 1.71. The Kier molecular flexibility index (Phi) is 6.91. The molecule has 1 amide bonds. The van der Waals surface area contributed by atoms with Gasteiger partial charge in [-0.1, -0.05) is 17.7 Å². The van der Waals surface area contributed by atoms with Crippen LogP contribution in [0.15, 0.2) is 48.5 Å². The summed E-state index contributed by atoms with van der Waals surface area (Å²) in [6, 6.07) is 14.5. The number of hydrogen-bond acceptors (Lipinski definition) is 5. The lowest BCUT2D eigenvalue weighted by atomic mass is 10.2. The molecule has 2 rings (SSSR count). The van der Waals surface area contributed by atoms with Gasteiger partial charge in [0.25, 0.3) is 5.91 Å². The topological polar surface area (TPSA) is 81.7 Å². The highest BCUT2D eigenvalue weighted by Crippen LogP contribution is 2.23. The fourth-order valence-electron chi connectivity index (χ4n) is 2.04. The van der Waals surface area contributed by atoms with Crippen LogP contribution in [0.5, 0.6) is 11.5 Å². The molecule has 0 spiro atoms. The zero-order valence-corrected chi connectivity index (χ0v) is 14.8.